The number of anilines is 1. The van der Waals surface area contributed by atoms with Crippen LogP contribution < -0.4 is 10.1 Å². The largest absolute Gasteiger partial charge is 0.480 e. The van der Waals surface area contributed by atoms with E-state index in [1.165, 1.54) is 0 Å². The van der Waals surface area contributed by atoms with Crippen LogP contribution in [-0.2, 0) is 0 Å². The van der Waals surface area contributed by atoms with Gasteiger partial charge in [0.05, 0.1) is 19.5 Å². The van der Waals surface area contributed by atoms with Crippen LogP contribution in [0.1, 0.15) is 13.8 Å². The van der Waals surface area contributed by atoms with Crippen molar-refractivity contribution in [3.05, 3.63) is 12.4 Å². The van der Waals surface area contributed by atoms with Crippen molar-refractivity contribution in [3.63, 3.8) is 0 Å². The fourth-order valence-corrected chi connectivity index (χ4v) is 0.792. The highest BCUT2D eigenvalue weighted by molar-refractivity contribution is 5.32. The molecule has 0 aliphatic heterocycles. The molecule has 0 unspecified atom stereocenters. The second kappa shape index (κ2) is 3.90. The van der Waals surface area contributed by atoms with Gasteiger partial charge < -0.3 is 10.1 Å². The Balaban J connectivity index is 2.65. The Bertz CT molecular complexity index is 233. The number of hydrogen-bond acceptors (Lipinski definition) is 4. The minimum atomic E-state index is 0.368. The van der Waals surface area contributed by atoms with E-state index in [1.54, 1.807) is 19.5 Å². The van der Waals surface area contributed by atoms with E-state index in [4.69, 9.17) is 4.74 Å². The lowest BCUT2D eigenvalue weighted by atomic mass is 10.4. The third-order valence-corrected chi connectivity index (χ3v) is 1.27. The maximum absolute atomic E-state index is 4.87. The molecule has 0 saturated carbocycles. The Kier molecular flexibility index (Phi) is 2.85. The van der Waals surface area contributed by atoms with E-state index in [9.17, 15) is 0 Å². The van der Waals surface area contributed by atoms with Crippen LogP contribution in [0, 0.1) is 0 Å². The number of ether oxygens (including phenoxy) is 1. The molecule has 0 aliphatic rings. The number of nitrogens with one attached hydrogen (secondary N) is 1. The van der Waals surface area contributed by atoms with Gasteiger partial charge in [-0.15, -0.1) is 0 Å². The van der Waals surface area contributed by atoms with Crippen molar-refractivity contribution in [2.24, 2.45) is 0 Å². The zero-order valence-electron chi connectivity index (χ0n) is 7.53. The highest BCUT2D eigenvalue weighted by atomic mass is 16.5. The van der Waals surface area contributed by atoms with Gasteiger partial charge in [-0.2, -0.15) is 0 Å². The van der Waals surface area contributed by atoms with Gasteiger partial charge >= 0.3 is 0 Å². The van der Waals surface area contributed by atoms with Crippen molar-refractivity contribution >= 4 is 5.82 Å². The summed E-state index contributed by atoms with van der Waals surface area (Å²) in [7, 11) is 1.57. The molecule has 0 atom stereocenters. The van der Waals surface area contributed by atoms with Crippen LogP contribution in [0.25, 0.3) is 0 Å². The lowest BCUT2D eigenvalue weighted by Crippen LogP contribution is -2.11. The lowest BCUT2D eigenvalue weighted by Gasteiger charge is -2.07. The Morgan fingerprint density at radius 1 is 1.33 bits per heavy atom. The zero-order chi connectivity index (χ0) is 8.97. The highest BCUT2D eigenvalue weighted by Gasteiger charge is 1.97. The maximum Gasteiger partial charge on any atom is 0.232 e. The molecule has 1 rings (SSSR count). The van der Waals surface area contributed by atoms with Crippen molar-refractivity contribution < 1.29 is 4.74 Å². The quantitative estimate of drug-likeness (QED) is 0.737. The molecule has 1 aromatic heterocycles. The molecular formula is C8H13N3O. The van der Waals surface area contributed by atoms with Crippen LogP contribution in [-0.4, -0.2) is 23.1 Å². The standard InChI is InChI=1S/C8H13N3O/c1-6(2)11-7-4-10-8(12-3)5-9-7/h4-6H,1-3H3,(H,9,11). The van der Waals surface area contributed by atoms with Gasteiger partial charge in [0.1, 0.15) is 5.82 Å². The van der Waals surface area contributed by atoms with Crippen molar-refractivity contribution in [3.8, 4) is 5.88 Å². The second-order valence-corrected chi connectivity index (χ2v) is 2.74. The van der Waals surface area contributed by atoms with E-state index < -0.39 is 0 Å². The third kappa shape index (κ3) is 2.38. The van der Waals surface area contributed by atoms with Crippen LogP contribution in [0.4, 0.5) is 5.82 Å². The second-order valence-electron chi connectivity index (χ2n) is 2.74. The van der Waals surface area contributed by atoms with Gasteiger partial charge in [-0.3, -0.25) is 0 Å². The number of nitrogens with zero attached hydrogens (tertiary/aromatic N) is 2. The fraction of sp³-hybridized carbons (Fsp3) is 0.500. The summed E-state index contributed by atoms with van der Waals surface area (Å²) in [5.74, 6) is 1.30. The summed E-state index contributed by atoms with van der Waals surface area (Å²) in [4.78, 5) is 8.09. The summed E-state index contributed by atoms with van der Waals surface area (Å²) in [5.41, 5.74) is 0. The molecule has 0 bridgehead atoms. The molecule has 0 fully saturated rings. The van der Waals surface area contributed by atoms with Crippen molar-refractivity contribution in [1.29, 1.82) is 0 Å². The van der Waals surface area contributed by atoms with Crippen LogP contribution in [0.3, 0.4) is 0 Å². The minimum absolute atomic E-state index is 0.368. The number of hydrogen-bond donors (Lipinski definition) is 1. The van der Waals surface area contributed by atoms with Crippen LogP contribution in [0.15, 0.2) is 12.4 Å². The van der Waals surface area contributed by atoms with E-state index >= 15 is 0 Å². The molecule has 0 radical (unpaired) electrons. The van der Waals surface area contributed by atoms with Crippen LogP contribution >= 0.6 is 0 Å². The molecule has 4 heteroatoms. The van der Waals surface area contributed by atoms with E-state index in [0.29, 0.717) is 11.9 Å². The minimum Gasteiger partial charge on any atom is -0.480 e. The first kappa shape index (κ1) is 8.77. The SMILES string of the molecule is COc1cnc(NC(C)C)cn1. The molecule has 1 aromatic rings. The number of aromatic nitrogens is 2. The Labute approximate surface area is 72.0 Å². The van der Waals surface area contributed by atoms with Crippen LogP contribution in [0.2, 0.25) is 0 Å². The molecule has 0 aliphatic carbocycles. The van der Waals surface area contributed by atoms with Gasteiger partial charge in [0.25, 0.3) is 0 Å². The smallest absolute Gasteiger partial charge is 0.232 e. The topological polar surface area (TPSA) is 47.0 Å². The molecule has 4 nitrogen and oxygen atoms in total. The maximum atomic E-state index is 4.87. The first-order valence-corrected chi connectivity index (χ1v) is 3.85. The molecule has 1 heterocycles. The van der Waals surface area contributed by atoms with Crippen LogP contribution in [0.5, 0.6) is 5.88 Å². The highest BCUT2D eigenvalue weighted by Crippen LogP contribution is 2.06. The molecular weight excluding hydrogens is 154 g/mol. The monoisotopic (exact) mass is 167 g/mol. The first-order valence-electron chi connectivity index (χ1n) is 3.85. The van der Waals surface area contributed by atoms with Crippen molar-refractivity contribution in [2.75, 3.05) is 12.4 Å². The van der Waals surface area contributed by atoms with E-state index in [1.807, 2.05) is 13.8 Å². The molecule has 12 heavy (non-hydrogen) atoms. The average Bonchev–Trinajstić information content (AvgIpc) is 2.05. The van der Waals surface area contributed by atoms with E-state index in [-0.39, 0.29) is 0 Å². The summed E-state index contributed by atoms with van der Waals surface area (Å²) in [6.07, 6.45) is 3.24. The van der Waals surface area contributed by atoms with E-state index in [0.717, 1.165) is 5.82 Å². The fourth-order valence-electron chi connectivity index (χ4n) is 0.792. The lowest BCUT2D eigenvalue weighted by molar-refractivity contribution is 0.396. The van der Waals surface area contributed by atoms with Gasteiger partial charge in [-0.1, -0.05) is 0 Å². The molecule has 1 N–H and O–H groups in total. The van der Waals surface area contributed by atoms with Crippen molar-refractivity contribution in [2.45, 2.75) is 19.9 Å². The molecule has 0 saturated heterocycles. The van der Waals surface area contributed by atoms with Gasteiger partial charge in [-0.25, -0.2) is 9.97 Å². The Morgan fingerprint density at radius 2 is 2.08 bits per heavy atom. The predicted molar refractivity (Wildman–Crippen MR) is 47.3 cm³/mol. The predicted octanol–water partition coefficient (Wildman–Crippen LogP) is 1.31. The van der Waals surface area contributed by atoms with Gasteiger partial charge in [0, 0.05) is 6.04 Å². The van der Waals surface area contributed by atoms with E-state index in [2.05, 4.69) is 15.3 Å². The van der Waals surface area contributed by atoms with Gasteiger partial charge in [0.2, 0.25) is 5.88 Å². The number of rotatable bonds is 3. The summed E-state index contributed by atoms with van der Waals surface area (Å²) in [6, 6.07) is 0.368. The zero-order valence-corrected chi connectivity index (χ0v) is 7.53. The average molecular weight is 167 g/mol. The summed E-state index contributed by atoms with van der Waals surface area (Å²) in [5, 5.41) is 3.13. The Morgan fingerprint density at radius 3 is 2.50 bits per heavy atom. The molecule has 0 amide bonds. The summed E-state index contributed by atoms with van der Waals surface area (Å²) >= 11 is 0. The Hall–Kier alpha value is -1.32. The summed E-state index contributed by atoms with van der Waals surface area (Å²) < 4.78 is 4.87. The molecule has 0 spiro atoms. The van der Waals surface area contributed by atoms with Crippen molar-refractivity contribution in [1.82, 2.24) is 9.97 Å². The molecule has 66 valence electrons. The molecule has 0 aromatic carbocycles. The number of methoxy groups -OCH3 is 1. The summed E-state index contributed by atoms with van der Waals surface area (Å²) in [6.45, 7) is 4.10. The first-order chi connectivity index (χ1) is 5.72. The van der Waals surface area contributed by atoms with Gasteiger partial charge in [-0.05, 0) is 13.8 Å². The van der Waals surface area contributed by atoms with Gasteiger partial charge in [0.15, 0.2) is 0 Å². The third-order valence-electron chi connectivity index (χ3n) is 1.27. The normalized spacial score (nSPS) is 10.0.